The highest BCUT2D eigenvalue weighted by atomic mass is 32.1. The van der Waals surface area contributed by atoms with Crippen molar-refractivity contribution in [3.63, 3.8) is 0 Å². The number of hydrogen-bond donors (Lipinski definition) is 3. The van der Waals surface area contributed by atoms with Crippen molar-refractivity contribution >= 4 is 28.3 Å². The highest BCUT2D eigenvalue weighted by molar-refractivity contribution is 7.16. The number of para-hydroxylation sites is 1. The molecular weight excluding hydrogens is 354 g/mol. The third kappa shape index (κ3) is 2.76. The fourth-order valence-corrected chi connectivity index (χ4v) is 4.66. The smallest absolute Gasteiger partial charge is 0.410 e. The van der Waals surface area contributed by atoms with E-state index in [-0.39, 0.29) is 17.7 Å². The molecule has 1 atom stereocenters. The lowest BCUT2D eigenvalue weighted by Gasteiger charge is -2.28. The van der Waals surface area contributed by atoms with Gasteiger partial charge in [-0.05, 0) is 25.0 Å². The standard InChI is InChI=1S/C18H19N3O4S/c1-2-25-18(24)21-8-7-11-13(9-21)26-17-14(11)16(23)19-15(20-17)10-5-3-4-6-12(10)22/h3-6,15,20,22H,2,7-9H2,1H3,(H,19,23)/t15-/m1/s1. The van der Waals surface area contributed by atoms with E-state index in [4.69, 9.17) is 4.74 Å². The molecule has 0 fully saturated rings. The molecule has 136 valence electrons. The van der Waals surface area contributed by atoms with Crippen LogP contribution >= 0.6 is 11.3 Å². The van der Waals surface area contributed by atoms with Crippen molar-refractivity contribution in [2.24, 2.45) is 0 Å². The SMILES string of the molecule is CCOC(=O)N1CCc2c(sc3c2C(=O)N[C@@H](c2ccccc2O)N3)C1. The van der Waals surface area contributed by atoms with Gasteiger partial charge >= 0.3 is 6.09 Å². The Kier molecular flexibility index (Phi) is 4.20. The minimum absolute atomic E-state index is 0.128. The summed E-state index contributed by atoms with van der Waals surface area (Å²) in [5, 5.41) is 17.0. The number of phenols is 1. The van der Waals surface area contributed by atoms with E-state index >= 15 is 0 Å². The molecule has 0 radical (unpaired) electrons. The lowest BCUT2D eigenvalue weighted by molar-refractivity contribution is 0.0934. The first-order valence-electron chi connectivity index (χ1n) is 8.50. The second-order valence-corrected chi connectivity index (χ2v) is 7.29. The van der Waals surface area contributed by atoms with E-state index in [1.54, 1.807) is 30.0 Å². The topological polar surface area (TPSA) is 90.9 Å². The number of nitrogens with zero attached hydrogens (tertiary/aromatic N) is 1. The summed E-state index contributed by atoms with van der Waals surface area (Å²) in [5.41, 5.74) is 2.26. The molecule has 0 aliphatic carbocycles. The average molecular weight is 373 g/mol. The molecule has 3 N–H and O–H groups in total. The maximum Gasteiger partial charge on any atom is 0.410 e. The predicted molar refractivity (Wildman–Crippen MR) is 97.4 cm³/mol. The molecule has 4 rings (SSSR count). The monoisotopic (exact) mass is 373 g/mol. The zero-order valence-electron chi connectivity index (χ0n) is 14.2. The number of carbonyl (C=O) groups excluding carboxylic acids is 2. The molecule has 7 nitrogen and oxygen atoms in total. The molecule has 2 aliphatic rings. The van der Waals surface area contributed by atoms with Crippen LogP contribution in [0, 0.1) is 0 Å². The number of ether oxygens (including phenoxy) is 1. The summed E-state index contributed by atoms with van der Waals surface area (Å²) in [6, 6.07) is 6.92. The molecule has 0 unspecified atom stereocenters. The fraction of sp³-hybridized carbons (Fsp3) is 0.333. The molecule has 0 spiro atoms. The Morgan fingerprint density at radius 3 is 2.96 bits per heavy atom. The van der Waals surface area contributed by atoms with E-state index in [1.807, 2.05) is 6.07 Å². The number of anilines is 1. The van der Waals surface area contributed by atoms with E-state index in [2.05, 4.69) is 10.6 Å². The zero-order valence-corrected chi connectivity index (χ0v) is 15.1. The largest absolute Gasteiger partial charge is 0.508 e. The van der Waals surface area contributed by atoms with E-state index in [1.165, 1.54) is 11.3 Å². The van der Waals surface area contributed by atoms with Crippen LogP contribution in [-0.2, 0) is 17.7 Å². The third-order valence-electron chi connectivity index (χ3n) is 4.61. The Morgan fingerprint density at radius 1 is 1.38 bits per heavy atom. The van der Waals surface area contributed by atoms with Crippen molar-refractivity contribution in [3.05, 3.63) is 45.8 Å². The van der Waals surface area contributed by atoms with Gasteiger partial charge in [0.25, 0.3) is 5.91 Å². The fourth-order valence-electron chi connectivity index (χ4n) is 3.37. The van der Waals surface area contributed by atoms with Crippen LogP contribution in [0.25, 0.3) is 0 Å². The van der Waals surface area contributed by atoms with Gasteiger partial charge in [-0.25, -0.2) is 4.79 Å². The van der Waals surface area contributed by atoms with Crippen LogP contribution < -0.4 is 10.6 Å². The molecule has 0 saturated heterocycles. The minimum atomic E-state index is -0.488. The van der Waals surface area contributed by atoms with Crippen LogP contribution in [0.2, 0.25) is 0 Å². The second kappa shape index (κ2) is 6.53. The maximum atomic E-state index is 12.7. The molecule has 2 aromatic rings. The van der Waals surface area contributed by atoms with Crippen LogP contribution in [0.1, 0.15) is 39.5 Å². The normalized spacial score (nSPS) is 18.4. The number of carbonyl (C=O) groups is 2. The molecule has 0 bridgehead atoms. The minimum Gasteiger partial charge on any atom is -0.508 e. The van der Waals surface area contributed by atoms with Gasteiger partial charge in [-0.15, -0.1) is 11.3 Å². The first-order valence-corrected chi connectivity index (χ1v) is 9.31. The Morgan fingerprint density at radius 2 is 2.19 bits per heavy atom. The number of benzene rings is 1. The number of phenolic OH excluding ortho intramolecular Hbond substituents is 1. The van der Waals surface area contributed by atoms with Crippen molar-refractivity contribution in [2.45, 2.75) is 26.1 Å². The van der Waals surface area contributed by atoms with Gasteiger partial charge in [-0.3, -0.25) is 4.79 Å². The summed E-state index contributed by atoms with van der Waals surface area (Å²) in [4.78, 5) is 27.3. The highest BCUT2D eigenvalue weighted by Crippen LogP contribution is 2.41. The van der Waals surface area contributed by atoms with E-state index in [0.29, 0.717) is 37.2 Å². The molecule has 1 aromatic heterocycles. The van der Waals surface area contributed by atoms with Crippen LogP contribution in [0.5, 0.6) is 5.75 Å². The first kappa shape index (κ1) is 16.7. The van der Waals surface area contributed by atoms with Crippen molar-refractivity contribution < 1.29 is 19.4 Å². The summed E-state index contributed by atoms with van der Waals surface area (Å²) in [6.07, 6.45) is -0.192. The van der Waals surface area contributed by atoms with Crippen molar-refractivity contribution in [3.8, 4) is 5.75 Å². The summed E-state index contributed by atoms with van der Waals surface area (Å²) >= 11 is 1.48. The van der Waals surface area contributed by atoms with Gasteiger partial charge in [0, 0.05) is 17.0 Å². The summed E-state index contributed by atoms with van der Waals surface area (Å²) in [5.74, 6) is -0.0300. The molecule has 3 heterocycles. The number of fused-ring (bicyclic) bond motifs is 3. The molecule has 0 saturated carbocycles. The number of thiophene rings is 1. The summed E-state index contributed by atoms with van der Waals surface area (Å²) in [7, 11) is 0. The van der Waals surface area contributed by atoms with E-state index in [0.717, 1.165) is 15.4 Å². The number of rotatable bonds is 2. The molecule has 2 amide bonds. The van der Waals surface area contributed by atoms with Gasteiger partial charge in [0.2, 0.25) is 0 Å². The van der Waals surface area contributed by atoms with Crippen LogP contribution in [-0.4, -0.2) is 35.2 Å². The number of hydrogen-bond acceptors (Lipinski definition) is 6. The summed E-state index contributed by atoms with van der Waals surface area (Å²) < 4.78 is 5.08. The van der Waals surface area contributed by atoms with Gasteiger partial charge < -0.3 is 25.4 Å². The van der Waals surface area contributed by atoms with Gasteiger partial charge in [-0.1, -0.05) is 18.2 Å². The third-order valence-corrected chi connectivity index (χ3v) is 5.76. The van der Waals surface area contributed by atoms with Gasteiger partial charge in [0.05, 0.1) is 18.7 Å². The first-order chi connectivity index (χ1) is 12.6. The van der Waals surface area contributed by atoms with Crippen LogP contribution in [0.15, 0.2) is 24.3 Å². The van der Waals surface area contributed by atoms with E-state index in [9.17, 15) is 14.7 Å². The Balaban J connectivity index is 1.62. The van der Waals surface area contributed by atoms with Gasteiger partial charge in [0.1, 0.15) is 16.9 Å². The van der Waals surface area contributed by atoms with Gasteiger partial charge in [0.15, 0.2) is 0 Å². The van der Waals surface area contributed by atoms with E-state index < -0.39 is 6.17 Å². The Bertz CT molecular complexity index is 879. The molecule has 26 heavy (non-hydrogen) atoms. The molecule has 2 aliphatic heterocycles. The lowest BCUT2D eigenvalue weighted by atomic mass is 10.0. The van der Waals surface area contributed by atoms with Crippen LogP contribution in [0.4, 0.5) is 9.80 Å². The maximum absolute atomic E-state index is 12.7. The van der Waals surface area contributed by atoms with Crippen molar-refractivity contribution in [1.82, 2.24) is 10.2 Å². The Labute approximate surface area is 154 Å². The van der Waals surface area contributed by atoms with Crippen molar-refractivity contribution in [2.75, 3.05) is 18.5 Å². The average Bonchev–Trinajstić information content (AvgIpc) is 3.00. The number of amides is 2. The highest BCUT2D eigenvalue weighted by Gasteiger charge is 2.35. The van der Waals surface area contributed by atoms with Crippen molar-refractivity contribution in [1.29, 1.82) is 0 Å². The molecular formula is C18H19N3O4S. The number of aromatic hydroxyl groups is 1. The lowest BCUT2D eigenvalue weighted by Crippen LogP contribution is -2.39. The summed E-state index contributed by atoms with van der Waals surface area (Å²) in [6.45, 7) is 3.10. The zero-order chi connectivity index (χ0) is 18.3. The quantitative estimate of drug-likeness (QED) is 0.753. The Hall–Kier alpha value is -2.74. The molecule has 1 aromatic carbocycles. The number of nitrogens with one attached hydrogen (secondary N) is 2. The molecule has 8 heteroatoms. The van der Waals surface area contributed by atoms with Gasteiger partial charge in [-0.2, -0.15) is 0 Å². The second-order valence-electron chi connectivity index (χ2n) is 6.19. The van der Waals surface area contributed by atoms with Crippen LogP contribution in [0.3, 0.4) is 0 Å². The predicted octanol–water partition coefficient (Wildman–Crippen LogP) is 2.82.